The van der Waals surface area contributed by atoms with Crippen LogP contribution in [-0.2, 0) is 20.1 Å². The minimum Gasteiger partial charge on any atom is -0.0814 e. The van der Waals surface area contributed by atoms with Gasteiger partial charge in [-0.2, -0.15) is 0 Å². The summed E-state index contributed by atoms with van der Waals surface area (Å²) < 4.78 is 1.26. The Morgan fingerprint density at radius 2 is 1.00 bits per heavy atom. The fourth-order valence-electron chi connectivity index (χ4n) is 5.90. The first kappa shape index (κ1) is 24.5. The summed E-state index contributed by atoms with van der Waals surface area (Å²) in [7, 11) is 2.00. The van der Waals surface area contributed by atoms with Gasteiger partial charge >= 0.3 is 0 Å². The SMILES string of the molecule is CC(C)(C)C1=PC2(C(C)(C)C)P3P1C3(C(C)(C)C)p1c(C(C)(C)C)c(C(C)(C)C)p12. The van der Waals surface area contributed by atoms with Gasteiger partial charge in [0.25, 0.3) is 0 Å². The van der Waals surface area contributed by atoms with E-state index >= 15 is 0 Å². The van der Waals surface area contributed by atoms with Crippen LogP contribution in [0, 0.1) is 16.2 Å². The van der Waals surface area contributed by atoms with Crippen LogP contribution in [-0.4, -0.2) is 5.03 Å². The van der Waals surface area contributed by atoms with Crippen LogP contribution < -0.4 is 0 Å². The Balaban J connectivity index is 2.17. The Bertz CT molecular complexity index is 939. The minimum atomic E-state index is -0.0149. The van der Waals surface area contributed by atoms with E-state index in [9.17, 15) is 0 Å². The molecule has 1 saturated heterocycles. The molecular weight excluding hydrogens is 455 g/mol. The molecule has 0 spiro atoms. The third-order valence-electron chi connectivity index (χ3n) is 7.05. The molecule has 0 bridgehead atoms. The maximum atomic E-state index is 2.64. The summed E-state index contributed by atoms with van der Waals surface area (Å²) in [5.41, 5.74) is 1.86. The number of fused-ring (bicyclic) bond motifs is 4. The lowest BCUT2D eigenvalue weighted by molar-refractivity contribution is 0.394. The van der Waals surface area contributed by atoms with E-state index in [1.807, 2.05) is 15.6 Å². The summed E-state index contributed by atoms with van der Waals surface area (Å²) in [5, 5.41) is 5.94. The molecule has 0 aromatic carbocycles. The smallest absolute Gasteiger partial charge is 0.0814 e. The zero-order valence-electron chi connectivity index (χ0n) is 22.2. The molecule has 3 aliphatic rings. The van der Waals surface area contributed by atoms with Crippen molar-refractivity contribution in [2.24, 2.45) is 16.2 Å². The van der Waals surface area contributed by atoms with Crippen LogP contribution in [0.3, 0.4) is 0 Å². The van der Waals surface area contributed by atoms with Crippen LogP contribution in [0.4, 0.5) is 0 Å². The van der Waals surface area contributed by atoms with Gasteiger partial charge in [-0.1, -0.05) is 126 Å². The van der Waals surface area contributed by atoms with Gasteiger partial charge in [0.2, 0.25) is 0 Å². The van der Waals surface area contributed by atoms with Crippen molar-refractivity contribution >= 4 is 42.9 Å². The standard InChI is InChI=1S/C25H45P5/c1-19(2,3)16-17(20(4,5)6)28-25(23(13,14)15)29-18(21(7,8)9)26-24(27(16)28,30(25)29)22(10,11)12/h1-15H3. The molecule has 0 saturated carbocycles. The molecule has 1 aromatic rings. The average Bonchev–Trinajstić information content (AvgIpc) is 2.84. The van der Waals surface area contributed by atoms with E-state index in [0.717, 1.165) is 0 Å². The Labute approximate surface area is 193 Å². The van der Waals surface area contributed by atoms with E-state index in [1.165, 1.54) is 0 Å². The molecule has 170 valence electrons. The van der Waals surface area contributed by atoms with Gasteiger partial charge in [-0.25, -0.2) is 0 Å². The second kappa shape index (κ2) is 6.13. The molecule has 0 N–H and O–H groups in total. The third kappa shape index (κ3) is 2.65. The van der Waals surface area contributed by atoms with Gasteiger partial charge in [-0.3, -0.25) is 0 Å². The van der Waals surface area contributed by atoms with E-state index in [1.54, 1.807) is 8.20 Å². The maximum absolute atomic E-state index is 2.64. The van der Waals surface area contributed by atoms with Crippen LogP contribution in [0.25, 0.3) is 0 Å². The lowest BCUT2D eigenvalue weighted by atomic mass is 9.86. The van der Waals surface area contributed by atoms with Gasteiger partial charge in [-0.05, 0) is 57.9 Å². The van der Waals surface area contributed by atoms with E-state index in [4.69, 9.17) is 0 Å². The largest absolute Gasteiger partial charge is 0.0842 e. The predicted octanol–water partition coefficient (Wildman–Crippen LogP) is 11.6. The van der Waals surface area contributed by atoms with Gasteiger partial charge in [0, 0.05) is 0 Å². The van der Waals surface area contributed by atoms with Crippen molar-refractivity contribution in [3.63, 3.8) is 0 Å². The highest BCUT2D eigenvalue weighted by molar-refractivity contribution is 8.67. The summed E-state index contributed by atoms with van der Waals surface area (Å²) in [5.74, 6) is 0. The van der Waals surface area contributed by atoms with Crippen molar-refractivity contribution in [3.05, 3.63) is 10.6 Å². The number of hydrogen-bond donors (Lipinski definition) is 0. The maximum Gasteiger partial charge on any atom is 0.0842 e. The van der Waals surface area contributed by atoms with Crippen LogP contribution in [0.5, 0.6) is 0 Å². The fourth-order valence-corrected chi connectivity index (χ4v) is 55.4. The molecule has 5 heteroatoms. The van der Waals surface area contributed by atoms with E-state index in [2.05, 4.69) is 104 Å². The lowest BCUT2D eigenvalue weighted by Gasteiger charge is -2.48. The lowest BCUT2D eigenvalue weighted by Crippen LogP contribution is -2.29. The zero-order chi connectivity index (χ0) is 23.2. The van der Waals surface area contributed by atoms with Crippen molar-refractivity contribution in [3.8, 4) is 0 Å². The monoisotopic (exact) mass is 500 g/mol. The van der Waals surface area contributed by atoms with Crippen molar-refractivity contribution < 1.29 is 0 Å². The molecule has 4 rings (SSSR count). The summed E-state index contributed by atoms with van der Waals surface area (Å²) in [6.07, 6.45) is 0. The molecule has 0 aliphatic carbocycles. The zero-order valence-corrected chi connectivity index (χ0v) is 26.7. The second-order valence-electron chi connectivity index (χ2n) is 14.9. The average molecular weight is 501 g/mol. The van der Waals surface area contributed by atoms with Gasteiger partial charge in [0.05, 0.1) is 9.28 Å². The van der Waals surface area contributed by atoms with Crippen molar-refractivity contribution in [2.45, 2.75) is 124 Å². The quantitative estimate of drug-likeness (QED) is 0.311. The van der Waals surface area contributed by atoms with Crippen molar-refractivity contribution in [1.82, 2.24) is 0 Å². The highest BCUT2D eigenvalue weighted by Gasteiger charge is 2.88. The molecule has 6 atom stereocenters. The molecule has 4 heterocycles. The molecule has 3 aliphatic heterocycles. The summed E-state index contributed by atoms with van der Waals surface area (Å²) in [6, 6.07) is 0. The normalized spacial score (nSPS) is 35.4. The Morgan fingerprint density at radius 3 is 1.33 bits per heavy atom. The fraction of sp³-hybridized carbons (Fsp3) is 0.880. The Hall–Kier alpha value is 1.37. The summed E-state index contributed by atoms with van der Waals surface area (Å²) >= 11 is 0. The molecule has 0 amide bonds. The van der Waals surface area contributed by atoms with Crippen LogP contribution in [0.15, 0.2) is 0 Å². The molecule has 0 nitrogen and oxygen atoms in total. The second-order valence-corrected chi connectivity index (χ2v) is 30.7. The van der Waals surface area contributed by atoms with E-state index in [0.29, 0.717) is 36.4 Å². The van der Waals surface area contributed by atoms with Gasteiger partial charge < -0.3 is 0 Å². The third-order valence-corrected chi connectivity index (χ3v) is 39.4. The summed E-state index contributed by atoms with van der Waals surface area (Å²) in [6.45, 7) is 38.6. The van der Waals surface area contributed by atoms with E-state index < -0.39 is 0 Å². The minimum absolute atomic E-state index is 0.0112. The first-order valence-corrected chi connectivity index (χ1v) is 19.3. The predicted molar refractivity (Wildman–Crippen MR) is 149 cm³/mol. The van der Waals surface area contributed by atoms with Crippen molar-refractivity contribution in [1.29, 1.82) is 0 Å². The first-order valence-electron chi connectivity index (χ1n) is 11.6. The van der Waals surface area contributed by atoms with Crippen LogP contribution >= 0.6 is 37.8 Å². The topological polar surface area (TPSA) is 0 Å². The molecule has 1 aromatic heterocycles. The van der Waals surface area contributed by atoms with Gasteiger partial charge in [0.15, 0.2) is 0 Å². The van der Waals surface area contributed by atoms with Gasteiger partial charge in [0.1, 0.15) is 0 Å². The molecule has 30 heavy (non-hydrogen) atoms. The highest BCUT2D eigenvalue weighted by atomic mass is 32.2. The molecular formula is C25H45P5. The van der Waals surface area contributed by atoms with E-state index in [-0.39, 0.29) is 29.6 Å². The number of hydrogen-bond acceptors (Lipinski definition) is 0. The molecule has 1 fully saturated rings. The summed E-state index contributed by atoms with van der Waals surface area (Å²) in [4.78, 5) is 0. The highest BCUT2D eigenvalue weighted by Crippen LogP contribution is 3.30. The Kier molecular flexibility index (Phi) is 5.01. The first-order chi connectivity index (χ1) is 13.1. The Morgan fingerprint density at radius 1 is 0.567 bits per heavy atom. The molecule has 6 unspecified atom stereocenters. The number of rotatable bonds is 0. The van der Waals surface area contributed by atoms with Crippen molar-refractivity contribution in [2.75, 3.05) is 0 Å². The molecule has 0 radical (unpaired) electrons. The van der Waals surface area contributed by atoms with Crippen LogP contribution in [0.1, 0.15) is 114 Å². The van der Waals surface area contributed by atoms with Crippen LogP contribution in [0.2, 0.25) is 0 Å². The van der Waals surface area contributed by atoms with Gasteiger partial charge in [-0.15, -0.1) is 0 Å².